The number of carbonyl (C=O) groups is 2. The lowest BCUT2D eigenvalue weighted by atomic mass is 10.0. The third-order valence-electron chi connectivity index (χ3n) is 4.43. The maximum atomic E-state index is 12.9. The van der Waals surface area contributed by atoms with E-state index in [1.54, 1.807) is 17.1 Å². The van der Waals surface area contributed by atoms with Crippen LogP contribution in [0.15, 0.2) is 60.9 Å². The largest absolute Gasteiger partial charge is 0.454 e. The number of aromatic nitrogens is 3. The van der Waals surface area contributed by atoms with Gasteiger partial charge in [0.1, 0.15) is 0 Å². The minimum absolute atomic E-state index is 0.144. The first-order valence-corrected chi connectivity index (χ1v) is 9.27. The van der Waals surface area contributed by atoms with Crippen molar-refractivity contribution in [2.45, 2.75) is 39.3 Å². The number of ketones is 1. The molecule has 28 heavy (non-hydrogen) atoms. The van der Waals surface area contributed by atoms with Crippen LogP contribution < -0.4 is 0 Å². The van der Waals surface area contributed by atoms with Crippen LogP contribution in [0, 0.1) is 0 Å². The van der Waals surface area contributed by atoms with Gasteiger partial charge in [0.2, 0.25) is 0 Å². The van der Waals surface area contributed by atoms with Crippen LogP contribution in [0.1, 0.15) is 25.1 Å². The van der Waals surface area contributed by atoms with Crippen LogP contribution in [-0.2, 0) is 33.7 Å². The summed E-state index contributed by atoms with van der Waals surface area (Å²) < 4.78 is 7.13. The summed E-state index contributed by atoms with van der Waals surface area (Å²) in [4.78, 5) is 28.5. The van der Waals surface area contributed by atoms with E-state index in [0.717, 1.165) is 22.5 Å². The van der Waals surface area contributed by atoms with Crippen LogP contribution in [-0.4, -0.2) is 32.6 Å². The number of Topliss-reactive ketones (excluding diaryl/α,β-unsaturated/α-hetero) is 1. The highest BCUT2D eigenvalue weighted by Gasteiger charge is 2.24. The summed E-state index contributed by atoms with van der Waals surface area (Å²) in [5, 5.41) is 4.59. The molecule has 144 valence electrons. The fourth-order valence-corrected chi connectivity index (χ4v) is 3.08. The highest BCUT2D eigenvalue weighted by atomic mass is 16.5. The Morgan fingerprint density at radius 2 is 1.82 bits per heavy atom. The number of ether oxygens (including phenoxy) is 1. The summed E-state index contributed by atoms with van der Waals surface area (Å²) in [5.74, 6) is -0.606. The van der Waals surface area contributed by atoms with Crippen molar-refractivity contribution in [1.82, 2.24) is 14.8 Å². The average molecular weight is 377 g/mol. The van der Waals surface area contributed by atoms with E-state index in [1.807, 2.05) is 55.5 Å². The van der Waals surface area contributed by atoms with Gasteiger partial charge in [-0.15, -0.1) is 0 Å². The van der Waals surface area contributed by atoms with Gasteiger partial charge in [-0.2, -0.15) is 5.10 Å². The van der Waals surface area contributed by atoms with Gasteiger partial charge in [0, 0.05) is 43.5 Å². The Bertz CT molecular complexity index is 936. The van der Waals surface area contributed by atoms with E-state index in [2.05, 4.69) is 10.1 Å². The summed E-state index contributed by atoms with van der Waals surface area (Å²) in [5.41, 5.74) is 3.48. The Balaban J connectivity index is 1.80. The molecule has 0 aliphatic carbocycles. The Hall–Kier alpha value is -3.28. The third-order valence-corrected chi connectivity index (χ3v) is 4.43. The SMILES string of the molecule is CCn1nc(-c2ccncc2)cc1CC(=O)[C@@H](Cc1ccccc1)OC(C)=O. The van der Waals surface area contributed by atoms with E-state index in [9.17, 15) is 9.59 Å². The molecule has 2 heterocycles. The van der Waals surface area contributed by atoms with E-state index in [4.69, 9.17) is 4.74 Å². The second-order valence-corrected chi connectivity index (χ2v) is 6.50. The smallest absolute Gasteiger partial charge is 0.303 e. The Morgan fingerprint density at radius 1 is 1.11 bits per heavy atom. The van der Waals surface area contributed by atoms with Crippen LogP contribution in [0.2, 0.25) is 0 Å². The molecule has 0 fully saturated rings. The van der Waals surface area contributed by atoms with Crippen molar-refractivity contribution < 1.29 is 14.3 Å². The third kappa shape index (κ3) is 4.91. The van der Waals surface area contributed by atoms with Gasteiger partial charge in [-0.3, -0.25) is 19.3 Å². The first kappa shape index (κ1) is 19.5. The Labute approximate surface area is 164 Å². The van der Waals surface area contributed by atoms with Crippen LogP contribution in [0.5, 0.6) is 0 Å². The van der Waals surface area contributed by atoms with Crippen molar-refractivity contribution in [3.05, 3.63) is 72.2 Å². The van der Waals surface area contributed by atoms with Crippen molar-refractivity contribution in [3.8, 4) is 11.3 Å². The van der Waals surface area contributed by atoms with Crippen LogP contribution in [0.4, 0.5) is 0 Å². The molecular weight excluding hydrogens is 354 g/mol. The molecule has 6 nitrogen and oxygen atoms in total. The molecule has 3 rings (SSSR count). The zero-order valence-corrected chi connectivity index (χ0v) is 16.0. The van der Waals surface area contributed by atoms with Gasteiger partial charge >= 0.3 is 5.97 Å². The van der Waals surface area contributed by atoms with E-state index < -0.39 is 12.1 Å². The molecule has 0 N–H and O–H groups in total. The summed E-state index contributed by atoms with van der Waals surface area (Å²) in [7, 11) is 0. The monoisotopic (exact) mass is 377 g/mol. The molecule has 0 radical (unpaired) electrons. The van der Waals surface area contributed by atoms with Gasteiger partial charge in [-0.05, 0) is 30.7 Å². The van der Waals surface area contributed by atoms with Gasteiger partial charge in [-0.1, -0.05) is 30.3 Å². The number of aryl methyl sites for hydroxylation is 1. The van der Waals surface area contributed by atoms with Gasteiger partial charge in [-0.25, -0.2) is 0 Å². The molecule has 2 aromatic heterocycles. The van der Waals surface area contributed by atoms with Crippen molar-refractivity contribution in [1.29, 1.82) is 0 Å². The molecular formula is C22H23N3O3. The number of hydrogen-bond donors (Lipinski definition) is 0. The second kappa shape index (κ2) is 9.08. The Morgan fingerprint density at radius 3 is 2.46 bits per heavy atom. The molecule has 6 heteroatoms. The number of pyridine rings is 1. The molecule has 0 saturated carbocycles. The molecule has 1 atom stereocenters. The van der Waals surface area contributed by atoms with Crippen LogP contribution >= 0.6 is 0 Å². The maximum absolute atomic E-state index is 12.9. The summed E-state index contributed by atoms with van der Waals surface area (Å²) >= 11 is 0. The van der Waals surface area contributed by atoms with Crippen LogP contribution in [0.25, 0.3) is 11.3 Å². The highest BCUT2D eigenvalue weighted by molar-refractivity contribution is 5.87. The summed E-state index contributed by atoms with van der Waals surface area (Å²) in [6.07, 6.45) is 3.11. The molecule has 0 amide bonds. The van der Waals surface area contributed by atoms with Crippen LogP contribution in [0.3, 0.4) is 0 Å². The minimum atomic E-state index is -0.815. The zero-order valence-electron chi connectivity index (χ0n) is 16.0. The van der Waals surface area contributed by atoms with E-state index >= 15 is 0 Å². The van der Waals surface area contributed by atoms with Gasteiger partial charge in [0.15, 0.2) is 11.9 Å². The molecule has 0 saturated heterocycles. The summed E-state index contributed by atoms with van der Waals surface area (Å²) in [6, 6.07) is 15.2. The molecule has 0 aliphatic rings. The number of esters is 1. The second-order valence-electron chi connectivity index (χ2n) is 6.50. The lowest BCUT2D eigenvalue weighted by Gasteiger charge is -2.16. The zero-order chi connectivity index (χ0) is 19.9. The lowest BCUT2D eigenvalue weighted by molar-refractivity contribution is -0.152. The topological polar surface area (TPSA) is 74.1 Å². The van der Waals surface area contributed by atoms with Gasteiger partial charge < -0.3 is 4.74 Å². The number of nitrogens with zero attached hydrogens (tertiary/aromatic N) is 3. The molecule has 0 spiro atoms. The van der Waals surface area contributed by atoms with Crippen molar-refractivity contribution >= 4 is 11.8 Å². The van der Waals surface area contributed by atoms with Gasteiger partial charge in [0.05, 0.1) is 12.1 Å². The molecule has 0 unspecified atom stereocenters. The van der Waals surface area contributed by atoms with Crippen molar-refractivity contribution in [3.63, 3.8) is 0 Å². The fourth-order valence-electron chi connectivity index (χ4n) is 3.08. The fraction of sp³-hybridized carbons (Fsp3) is 0.273. The highest BCUT2D eigenvalue weighted by Crippen LogP contribution is 2.20. The molecule has 1 aromatic carbocycles. The number of carbonyl (C=O) groups excluding carboxylic acids is 2. The predicted octanol–water partition coefficient (Wildman–Crippen LogP) is 3.25. The number of benzene rings is 1. The van der Waals surface area contributed by atoms with Crippen molar-refractivity contribution in [2.24, 2.45) is 0 Å². The molecule has 0 aliphatic heterocycles. The Kier molecular flexibility index (Phi) is 6.32. The predicted molar refractivity (Wildman–Crippen MR) is 106 cm³/mol. The first-order valence-electron chi connectivity index (χ1n) is 9.27. The minimum Gasteiger partial charge on any atom is -0.454 e. The quantitative estimate of drug-likeness (QED) is 0.564. The lowest BCUT2D eigenvalue weighted by Crippen LogP contribution is -2.30. The van der Waals surface area contributed by atoms with Crippen molar-refractivity contribution in [2.75, 3.05) is 0 Å². The first-order chi connectivity index (χ1) is 13.6. The number of rotatable bonds is 8. The standard InChI is InChI=1S/C22H23N3O3/c1-3-25-19(14-20(24-25)18-9-11-23-12-10-18)15-21(27)22(28-16(2)26)13-17-7-5-4-6-8-17/h4-12,14,22H,3,13,15H2,1-2H3/t22-/m1/s1. The number of hydrogen-bond acceptors (Lipinski definition) is 5. The normalized spacial score (nSPS) is 11.8. The molecule has 3 aromatic rings. The van der Waals surface area contributed by atoms with Gasteiger partial charge in [0.25, 0.3) is 0 Å². The van der Waals surface area contributed by atoms with E-state index in [1.165, 1.54) is 6.92 Å². The molecule has 0 bridgehead atoms. The average Bonchev–Trinajstić information content (AvgIpc) is 3.11. The van der Waals surface area contributed by atoms with E-state index in [-0.39, 0.29) is 12.2 Å². The summed E-state index contributed by atoms with van der Waals surface area (Å²) in [6.45, 7) is 3.94. The van der Waals surface area contributed by atoms with E-state index in [0.29, 0.717) is 13.0 Å². The maximum Gasteiger partial charge on any atom is 0.303 e.